The van der Waals surface area contributed by atoms with Gasteiger partial charge in [0, 0.05) is 0 Å². The highest BCUT2D eigenvalue weighted by Crippen LogP contribution is 2.38. The summed E-state index contributed by atoms with van der Waals surface area (Å²) in [5.74, 6) is 3.96. The molecule has 1 rings (SSSR count). The fourth-order valence-electron chi connectivity index (χ4n) is 3.06. The summed E-state index contributed by atoms with van der Waals surface area (Å²) >= 11 is 0. The lowest BCUT2D eigenvalue weighted by Crippen LogP contribution is -2.25. The first-order chi connectivity index (χ1) is 7.15. The molecule has 4 atom stereocenters. The third-order valence-corrected chi connectivity index (χ3v) is 4.71. The van der Waals surface area contributed by atoms with Crippen LogP contribution in [0.1, 0.15) is 72.6 Å². The fourth-order valence-corrected chi connectivity index (χ4v) is 3.06. The molecule has 0 aromatic rings. The van der Waals surface area contributed by atoms with Crippen LogP contribution in [0.25, 0.3) is 0 Å². The van der Waals surface area contributed by atoms with Crippen LogP contribution in [-0.4, -0.2) is 0 Å². The second kappa shape index (κ2) is 6.55. The van der Waals surface area contributed by atoms with Gasteiger partial charge in [0.25, 0.3) is 0 Å². The van der Waals surface area contributed by atoms with Gasteiger partial charge in [-0.15, -0.1) is 0 Å². The van der Waals surface area contributed by atoms with E-state index in [1.54, 1.807) is 0 Å². The summed E-state index contributed by atoms with van der Waals surface area (Å²) in [7, 11) is 0. The van der Waals surface area contributed by atoms with Crippen LogP contribution in [0.3, 0.4) is 0 Å². The van der Waals surface area contributed by atoms with Gasteiger partial charge in [0.1, 0.15) is 0 Å². The Labute approximate surface area is 96.8 Å². The van der Waals surface area contributed by atoms with Gasteiger partial charge in [0.2, 0.25) is 0 Å². The zero-order valence-electron chi connectivity index (χ0n) is 11.3. The second-order valence-electron chi connectivity index (χ2n) is 6.00. The lowest BCUT2D eigenvalue weighted by Gasteiger charge is -2.35. The lowest BCUT2D eigenvalue weighted by molar-refractivity contribution is 0.157. The van der Waals surface area contributed by atoms with E-state index in [0.29, 0.717) is 0 Å². The molecule has 15 heavy (non-hydrogen) atoms. The molecule has 0 bridgehead atoms. The summed E-state index contributed by atoms with van der Waals surface area (Å²) in [6, 6.07) is 0. The van der Waals surface area contributed by atoms with Crippen molar-refractivity contribution >= 4 is 0 Å². The van der Waals surface area contributed by atoms with Gasteiger partial charge in [-0.3, -0.25) is 0 Å². The largest absolute Gasteiger partial charge is 0.0654 e. The van der Waals surface area contributed by atoms with Gasteiger partial charge in [-0.2, -0.15) is 0 Å². The Morgan fingerprint density at radius 1 is 1.07 bits per heavy atom. The van der Waals surface area contributed by atoms with Gasteiger partial charge >= 0.3 is 0 Å². The van der Waals surface area contributed by atoms with E-state index < -0.39 is 0 Å². The van der Waals surface area contributed by atoms with Gasteiger partial charge in [-0.05, 0) is 36.5 Å². The van der Waals surface area contributed by atoms with Crippen LogP contribution in [-0.2, 0) is 0 Å². The van der Waals surface area contributed by atoms with Crippen molar-refractivity contribution in [1.82, 2.24) is 0 Å². The molecule has 1 aliphatic carbocycles. The molecule has 0 radical (unpaired) electrons. The molecule has 0 amide bonds. The normalized spacial score (nSPS) is 34.0. The highest BCUT2D eigenvalue weighted by Gasteiger charge is 2.27. The van der Waals surface area contributed by atoms with Gasteiger partial charge < -0.3 is 0 Å². The predicted molar refractivity (Wildman–Crippen MR) is 69.0 cm³/mol. The van der Waals surface area contributed by atoms with E-state index in [1.807, 2.05) is 0 Å². The topological polar surface area (TPSA) is 0 Å². The van der Waals surface area contributed by atoms with E-state index in [4.69, 9.17) is 0 Å². The van der Waals surface area contributed by atoms with Gasteiger partial charge in [-0.25, -0.2) is 0 Å². The van der Waals surface area contributed by atoms with Crippen LogP contribution in [0.15, 0.2) is 0 Å². The van der Waals surface area contributed by atoms with Crippen molar-refractivity contribution in [2.24, 2.45) is 23.7 Å². The Hall–Kier alpha value is 0. The molecule has 0 aliphatic heterocycles. The maximum atomic E-state index is 2.49. The van der Waals surface area contributed by atoms with E-state index in [9.17, 15) is 0 Å². The fraction of sp³-hybridized carbons (Fsp3) is 1.00. The standard InChI is InChI=1S/C15H30/c1-5-6-7-8-13(3)15-10-9-12(2)14(4)11-15/h12-15H,5-11H2,1-4H3. The Morgan fingerprint density at radius 3 is 2.40 bits per heavy atom. The third kappa shape index (κ3) is 4.17. The maximum Gasteiger partial charge on any atom is -0.0386 e. The molecule has 0 nitrogen and oxygen atoms in total. The zero-order valence-corrected chi connectivity index (χ0v) is 11.3. The molecule has 0 aromatic heterocycles. The molecule has 0 aromatic carbocycles. The molecule has 4 unspecified atom stereocenters. The average molecular weight is 210 g/mol. The van der Waals surface area contributed by atoms with Crippen molar-refractivity contribution in [3.63, 3.8) is 0 Å². The molecule has 0 spiro atoms. The van der Waals surface area contributed by atoms with E-state index in [0.717, 1.165) is 23.7 Å². The van der Waals surface area contributed by atoms with Crippen molar-refractivity contribution in [2.75, 3.05) is 0 Å². The first-order valence-electron chi connectivity index (χ1n) is 7.15. The summed E-state index contributed by atoms with van der Waals surface area (Å²) < 4.78 is 0. The van der Waals surface area contributed by atoms with Crippen molar-refractivity contribution in [1.29, 1.82) is 0 Å². The predicted octanol–water partition coefficient (Wildman–Crippen LogP) is 5.28. The Bertz CT molecular complexity index is 161. The van der Waals surface area contributed by atoms with Crippen LogP contribution in [0, 0.1) is 23.7 Å². The number of hydrogen-bond acceptors (Lipinski definition) is 0. The molecule has 0 heteroatoms. The van der Waals surface area contributed by atoms with Crippen LogP contribution in [0.4, 0.5) is 0 Å². The molecule has 1 saturated carbocycles. The summed E-state index contributed by atoms with van der Waals surface area (Å²) in [6.07, 6.45) is 10.2. The minimum absolute atomic E-state index is 0.970. The minimum Gasteiger partial charge on any atom is -0.0654 e. The van der Waals surface area contributed by atoms with Crippen LogP contribution in [0.5, 0.6) is 0 Å². The molecule has 1 aliphatic rings. The van der Waals surface area contributed by atoms with E-state index >= 15 is 0 Å². The first kappa shape index (κ1) is 13.1. The highest BCUT2D eigenvalue weighted by molar-refractivity contribution is 4.78. The van der Waals surface area contributed by atoms with E-state index in [-0.39, 0.29) is 0 Å². The Morgan fingerprint density at radius 2 is 1.80 bits per heavy atom. The molecule has 1 fully saturated rings. The molecular weight excluding hydrogens is 180 g/mol. The first-order valence-corrected chi connectivity index (χ1v) is 7.15. The quantitative estimate of drug-likeness (QED) is 0.542. The number of rotatable bonds is 5. The van der Waals surface area contributed by atoms with E-state index in [1.165, 1.54) is 44.9 Å². The summed E-state index contributed by atoms with van der Waals surface area (Å²) in [6.45, 7) is 9.68. The van der Waals surface area contributed by atoms with Gasteiger partial charge in [0.05, 0.1) is 0 Å². The van der Waals surface area contributed by atoms with E-state index in [2.05, 4.69) is 27.7 Å². The Balaban J connectivity index is 2.24. The molecule has 0 saturated heterocycles. The van der Waals surface area contributed by atoms with Gasteiger partial charge in [0.15, 0.2) is 0 Å². The number of unbranched alkanes of at least 4 members (excludes halogenated alkanes) is 2. The van der Waals surface area contributed by atoms with Crippen molar-refractivity contribution in [3.05, 3.63) is 0 Å². The van der Waals surface area contributed by atoms with Crippen LogP contribution < -0.4 is 0 Å². The monoisotopic (exact) mass is 210 g/mol. The lowest BCUT2D eigenvalue weighted by atomic mass is 9.71. The molecular formula is C15H30. The average Bonchev–Trinajstić information content (AvgIpc) is 2.22. The van der Waals surface area contributed by atoms with Crippen LogP contribution >= 0.6 is 0 Å². The van der Waals surface area contributed by atoms with Crippen molar-refractivity contribution < 1.29 is 0 Å². The number of hydrogen-bond donors (Lipinski definition) is 0. The zero-order chi connectivity index (χ0) is 11.3. The Kier molecular flexibility index (Phi) is 5.71. The molecule has 0 heterocycles. The summed E-state index contributed by atoms with van der Waals surface area (Å²) in [4.78, 5) is 0. The summed E-state index contributed by atoms with van der Waals surface area (Å²) in [5, 5.41) is 0. The SMILES string of the molecule is CCCCCC(C)C1CCC(C)C(C)C1. The minimum atomic E-state index is 0.970. The maximum absolute atomic E-state index is 2.49. The van der Waals surface area contributed by atoms with Gasteiger partial charge in [-0.1, -0.05) is 59.8 Å². The molecule has 90 valence electrons. The van der Waals surface area contributed by atoms with Crippen molar-refractivity contribution in [2.45, 2.75) is 72.6 Å². The highest BCUT2D eigenvalue weighted by atomic mass is 14.3. The molecule has 0 N–H and O–H groups in total. The smallest absolute Gasteiger partial charge is 0.0386 e. The summed E-state index contributed by atoms with van der Waals surface area (Å²) in [5.41, 5.74) is 0. The second-order valence-corrected chi connectivity index (χ2v) is 6.00. The van der Waals surface area contributed by atoms with Crippen molar-refractivity contribution in [3.8, 4) is 0 Å². The van der Waals surface area contributed by atoms with Crippen LogP contribution in [0.2, 0.25) is 0 Å². The third-order valence-electron chi connectivity index (χ3n) is 4.71.